The molecule has 0 bridgehead atoms. The van der Waals surface area contributed by atoms with Crippen LogP contribution in [0.25, 0.3) is 0 Å². The van der Waals surface area contributed by atoms with Crippen LogP contribution >= 0.6 is 12.4 Å². The fourth-order valence-electron chi connectivity index (χ4n) is 2.71. The van der Waals surface area contributed by atoms with Crippen molar-refractivity contribution >= 4 is 28.2 Å². The van der Waals surface area contributed by atoms with Gasteiger partial charge >= 0.3 is 0 Å². The van der Waals surface area contributed by atoms with E-state index < -0.39 is 9.84 Å². The van der Waals surface area contributed by atoms with Crippen molar-refractivity contribution in [3.63, 3.8) is 0 Å². The van der Waals surface area contributed by atoms with Crippen LogP contribution in [0.3, 0.4) is 0 Å². The number of amides is 1. The van der Waals surface area contributed by atoms with Crippen LogP contribution in [0.1, 0.15) is 25.7 Å². The number of likely N-dealkylation sites (N-methyl/N-ethyl adjacent to an activating group) is 1. The highest BCUT2D eigenvalue weighted by atomic mass is 35.5. The van der Waals surface area contributed by atoms with Crippen LogP contribution in [0.4, 0.5) is 0 Å². The van der Waals surface area contributed by atoms with Gasteiger partial charge in [0, 0.05) is 19.8 Å². The van der Waals surface area contributed by atoms with Crippen LogP contribution in [0.5, 0.6) is 5.75 Å². The molecular formula is C17H27ClN2O4S. The summed E-state index contributed by atoms with van der Waals surface area (Å²) in [6.07, 6.45) is 5.05. The van der Waals surface area contributed by atoms with Gasteiger partial charge in [0.05, 0.1) is 17.5 Å². The minimum Gasteiger partial charge on any atom is -0.494 e. The topological polar surface area (TPSA) is 75.7 Å². The minimum atomic E-state index is -3.18. The second-order valence-electron chi connectivity index (χ2n) is 6.21. The van der Waals surface area contributed by atoms with Gasteiger partial charge in [-0.15, -0.1) is 12.4 Å². The van der Waals surface area contributed by atoms with Gasteiger partial charge in [0.1, 0.15) is 5.75 Å². The Hall–Kier alpha value is -1.31. The van der Waals surface area contributed by atoms with Crippen LogP contribution < -0.4 is 10.1 Å². The third kappa shape index (κ3) is 6.84. The maximum absolute atomic E-state index is 12.3. The van der Waals surface area contributed by atoms with Crippen LogP contribution in [0, 0.1) is 0 Å². The lowest BCUT2D eigenvalue weighted by Crippen LogP contribution is -2.47. The second kappa shape index (κ2) is 9.99. The van der Waals surface area contributed by atoms with E-state index in [4.69, 9.17) is 4.74 Å². The smallest absolute Gasteiger partial charge is 0.239 e. The molecule has 1 amide bonds. The molecule has 25 heavy (non-hydrogen) atoms. The first kappa shape index (κ1) is 21.7. The molecule has 1 heterocycles. The summed E-state index contributed by atoms with van der Waals surface area (Å²) in [7, 11) is -1.36. The maximum Gasteiger partial charge on any atom is 0.239 e. The summed E-state index contributed by atoms with van der Waals surface area (Å²) in [5.41, 5.74) is 0. The molecule has 142 valence electrons. The average Bonchev–Trinajstić information content (AvgIpc) is 2.58. The first-order chi connectivity index (χ1) is 11.4. The fraction of sp³-hybridized carbons (Fsp3) is 0.588. The Morgan fingerprint density at radius 2 is 1.96 bits per heavy atom. The average molecular weight is 391 g/mol. The molecule has 0 radical (unpaired) electrons. The Morgan fingerprint density at radius 1 is 1.28 bits per heavy atom. The zero-order chi connectivity index (χ0) is 17.6. The molecule has 0 aliphatic carbocycles. The van der Waals surface area contributed by atoms with Gasteiger partial charge in [-0.2, -0.15) is 0 Å². The number of nitrogens with zero attached hydrogens (tertiary/aromatic N) is 1. The Kier molecular flexibility index (Phi) is 8.68. The Bertz CT molecular complexity index is 643. The molecule has 0 aromatic heterocycles. The van der Waals surface area contributed by atoms with Crippen LogP contribution in [0.2, 0.25) is 0 Å². The zero-order valence-electron chi connectivity index (χ0n) is 14.7. The van der Waals surface area contributed by atoms with E-state index in [0.717, 1.165) is 32.2 Å². The molecular weight excluding hydrogens is 364 g/mol. The van der Waals surface area contributed by atoms with E-state index in [1.165, 1.54) is 18.4 Å². The van der Waals surface area contributed by atoms with Crippen molar-refractivity contribution in [2.24, 2.45) is 0 Å². The van der Waals surface area contributed by atoms with Crippen molar-refractivity contribution in [2.75, 3.05) is 33.0 Å². The SMILES string of the molecule is CN(CCCOc1ccc(S(C)(=O)=O)cc1)C(=O)C1CCCCN1.Cl. The molecule has 0 spiro atoms. The van der Waals surface area contributed by atoms with E-state index in [2.05, 4.69) is 5.32 Å². The van der Waals surface area contributed by atoms with E-state index in [9.17, 15) is 13.2 Å². The normalized spacial score (nSPS) is 17.4. The van der Waals surface area contributed by atoms with Crippen LogP contribution in [-0.2, 0) is 14.6 Å². The number of halogens is 1. The van der Waals surface area contributed by atoms with E-state index >= 15 is 0 Å². The number of hydrogen-bond donors (Lipinski definition) is 1. The number of nitrogens with one attached hydrogen (secondary N) is 1. The van der Waals surface area contributed by atoms with Crippen molar-refractivity contribution in [2.45, 2.75) is 36.6 Å². The monoisotopic (exact) mass is 390 g/mol. The molecule has 1 aromatic rings. The van der Waals surface area contributed by atoms with Gasteiger partial charge in [-0.1, -0.05) is 6.42 Å². The van der Waals surface area contributed by atoms with E-state index in [1.807, 2.05) is 7.05 Å². The lowest BCUT2D eigenvalue weighted by atomic mass is 10.0. The fourth-order valence-corrected chi connectivity index (χ4v) is 3.34. The summed E-state index contributed by atoms with van der Waals surface area (Å²) in [4.78, 5) is 14.3. The minimum absolute atomic E-state index is 0. The maximum atomic E-state index is 12.3. The van der Waals surface area contributed by atoms with E-state index in [0.29, 0.717) is 18.9 Å². The van der Waals surface area contributed by atoms with Gasteiger partial charge in [-0.3, -0.25) is 4.79 Å². The van der Waals surface area contributed by atoms with Crippen molar-refractivity contribution in [3.05, 3.63) is 24.3 Å². The first-order valence-corrected chi connectivity index (χ1v) is 10.2. The molecule has 1 aliphatic rings. The van der Waals surface area contributed by atoms with Crippen molar-refractivity contribution < 1.29 is 17.9 Å². The lowest BCUT2D eigenvalue weighted by molar-refractivity contribution is -0.132. The van der Waals surface area contributed by atoms with Gasteiger partial charge in [0.2, 0.25) is 5.91 Å². The summed E-state index contributed by atoms with van der Waals surface area (Å²) < 4.78 is 28.4. The highest BCUT2D eigenvalue weighted by Gasteiger charge is 2.23. The molecule has 1 atom stereocenters. The van der Waals surface area contributed by atoms with Gasteiger partial charge in [0.25, 0.3) is 0 Å². The summed E-state index contributed by atoms with van der Waals surface area (Å²) in [5, 5.41) is 3.26. The molecule has 6 nitrogen and oxygen atoms in total. The standard InChI is InChI=1S/C17H26N2O4S.ClH/c1-19(17(20)16-6-3-4-11-18-16)12-5-13-23-14-7-9-15(10-8-14)24(2,21)22;/h7-10,16,18H,3-6,11-13H2,1-2H3;1H. The summed E-state index contributed by atoms with van der Waals surface area (Å²) >= 11 is 0. The lowest BCUT2D eigenvalue weighted by Gasteiger charge is -2.27. The molecule has 8 heteroatoms. The van der Waals surface area contributed by atoms with Crippen molar-refractivity contribution in [1.82, 2.24) is 10.2 Å². The first-order valence-electron chi connectivity index (χ1n) is 8.29. The van der Waals surface area contributed by atoms with Crippen molar-refractivity contribution in [1.29, 1.82) is 0 Å². The Morgan fingerprint density at radius 3 is 2.52 bits per heavy atom. The van der Waals surface area contributed by atoms with Crippen molar-refractivity contribution in [3.8, 4) is 5.75 Å². The Labute approximate surface area is 156 Å². The highest BCUT2D eigenvalue weighted by Crippen LogP contribution is 2.16. The number of benzene rings is 1. The molecule has 1 unspecified atom stereocenters. The van der Waals surface area contributed by atoms with E-state index in [1.54, 1.807) is 17.0 Å². The van der Waals surface area contributed by atoms with Gasteiger partial charge in [-0.25, -0.2) is 8.42 Å². The third-order valence-corrected chi connectivity index (χ3v) is 5.27. The molecule has 1 fully saturated rings. The van der Waals surface area contributed by atoms with Gasteiger partial charge in [-0.05, 0) is 50.1 Å². The summed E-state index contributed by atoms with van der Waals surface area (Å²) in [6, 6.07) is 6.33. The van der Waals surface area contributed by atoms with E-state index in [-0.39, 0.29) is 29.3 Å². The largest absolute Gasteiger partial charge is 0.494 e. The molecule has 1 N–H and O–H groups in total. The highest BCUT2D eigenvalue weighted by molar-refractivity contribution is 7.90. The molecule has 1 aliphatic heterocycles. The molecule has 0 saturated carbocycles. The number of sulfone groups is 1. The van der Waals surface area contributed by atoms with Gasteiger partial charge in [0.15, 0.2) is 9.84 Å². The zero-order valence-corrected chi connectivity index (χ0v) is 16.4. The number of rotatable bonds is 7. The number of piperidine rings is 1. The molecule has 1 aromatic carbocycles. The number of ether oxygens (including phenoxy) is 1. The predicted molar refractivity (Wildman–Crippen MR) is 100 cm³/mol. The van der Waals surface area contributed by atoms with Crippen LogP contribution in [0.15, 0.2) is 29.2 Å². The number of carbonyl (C=O) groups is 1. The summed E-state index contributed by atoms with van der Waals surface area (Å²) in [5.74, 6) is 0.775. The Balaban J connectivity index is 0.00000312. The number of hydrogen-bond acceptors (Lipinski definition) is 5. The second-order valence-corrected chi connectivity index (χ2v) is 8.22. The quantitative estimate of drug-likeness (QED) is 0.719. The predicted octanol–water partition coefficient (Wildman–Crippen LogP) is 1.88. The molecule has 2 rings (SSSR count). The molecule has 1 saturated heterocycles. The summed E-state index contributed by atoms with van der Waals surface area (Å²) in [6.45, 7) is 2.03. The van der Waals surface area contributed by atoms with Crippen LogP contribution in [-0.4, -0.2) is 58.3 Å². The number of carbonyl (C=O) groups excluding carboxylic acids is 1. The third-order valence-electron chi connectivity index (χ3n) is 4.14. The van der Waals surface area contributed by atoms with Gasteiger partial charge < -0.3 is 15.0 Å².